The van der Waals surface area contributed by atoms with Crippen molar-refractivity contribution in [1.82, 2.24) is 14.9 Å². The van der Waals surface area contributed by atoms with Crippen LogP contribution in [0.4, 0.5) is 5.69 Å². The Morgan fingerprint density at radius 1 is 1.00 bits per heavy atom. The summed E-state index contributed by atoms with van der Waals surface area (Å²) in [5.41, 5.74) is 4.96. The summed E-state index contributed by atoms with van der Waals surface area (Å²) in [6.07, 6.45) is 3.87. The maximum atomic E-state index is 6.31. The van der Waals surface area contributed by atoms with E-state index in [9.17, 15) is 0 Å². The fourth-order valence-corrected chi connectivity index (χ4v) is 5.08. The Labute approximate surface area is 207 Å². The molecule has 4 aromatic rings. The number of halogens is 1. The number of pyridine rings is 1. The number of nitrogens with one attached hydrogen (secondary N) is 1. The van der Waals surface area contributed by atoms with Crippen molar-refractivity contribution in [2.24, 2.45) is 0 Å². The lowest BCUT2D eigenvalue weighted by molar-refractivity contribution is 0.174. The van der Waals surface area contributed by atoms with Crippen molar-refractivity contribution >= 4 is 34.6 Å². The molecule has 0 spiro atoms. The molecule has 0 amide bonds. The first kappa shape index (κ1) is 21.0. The van der Waals surface area contributed by atoms with Gasteiger partial charge in [0.05, 0.1) is 11.7 Å². The molecule has 8 heteroatoms. The highest BCUT2D eigenvalue weighted by molar-refractivity contribution is 7.80. The van der Waals surface area contributed by atoms with Crippen LogP contribution in [0.2, 0.25) is 5.02 Å². The van der Waals surface area contributed by atoms with Crippen molar-refractivity contribution in [3.63, 3.8) is 0 Å². The maximum Gasteiger partial charge on any atom is 0.231 e. The molecule has 2 aliphatic rings. The number of anilines is 1. The van der Waals surface area contributed by atoms with Crippen molar-refractivity contribution in [3.8, 4) is 17.2 Å². The highest BCUT2D eigenvalue weighted by atomic mass is 35.5. The Kier molecular flexibility index (Phi) is 5.16. The average Bonchev–Trinajstić information content (AvgIpc) is 3.59. The molecule has 34 heavy (non-hydrogen) atoms. The van der Waals surface area contributed by atoms with Gasteiger partial charge in [0, 0.05) is 40.6 Å². The Morgan fingerprint density at radius 2 is 1.85 bits per heavy atom. The molecule has 4 heterocycles. The number of benzene rings is 2. The number of aryl methyl sites for hydroxylation is 1. The van der Waals surface area contributed by atoms with E-state index in [0.29, 0.717) is 10.9 Å². The van der Waals surface area contributed by atoms with Gasteiger partial charge in [-0.3, -0.25) is 4.98 Å². The molecule has 0 bridgehead atoms. The Hall–Kier alpha value is -3.55. The molecule has 6 nitrogen and oxygen atoms in total. The van der Waals surface area contributed by atoms with Gasteiger partial charge in [0.15, 0.2) is 16.6 Å². The minimum absolute atomic E-state index is 0.152. The summed E-state index contributed by atoms with van der Waals surface area (Å²) in [7, 11) is 0. The van der Waals surface area contributed by atoms with Crippen molar-refractivity contribution in [3.05, 3.63) is 101 Å². The van der Waals surface area contributed by atoms with E-state index in [2.05, 4.69) is 38.1 Å². The van der Waals surface area contributed by atoms with Crippen LogP contribution < -0.4 is 19.7 Å². The zero-order valence-electron chi connectivity index (χ0n) is 18.3. The van der Waals surface area contributed by atoms with Crippen LogP contribution in [0.3, 0.4) is 0 Å². The largest absolute Gasteiger partial charge is 0.454 e. The van der Waals surface area contributed by atoms with E-state index in [1.807, 2.05) is 67.7 Å². The first-order valence-corrected chi connectivity index (χ1v) is 11.7. The van der Waals surface area contributed by atoms with Crippen molar-refractivity contribution in [2.45, 2.75) is 19.0 Å². The number of thiocarbonyl (C=S) groups is 1. The number of aromatic nitrogens is 2. The molecule has 0 aliphatic carbocycles. The summed E-state index contributed by atoms with van der Waals surface area (Å²) in [5, 5.41) is 4.88. The summed E-state index contributed by atoms with van der Waals surface area (Å²) in [5.74, 6) is 1.45. The molecular weight excluding hydrogens is 468 g/mol. The molecule has 1 saturated heterocycles. The van der Waals surface area contributed by atoms with E-state index in [1.165, 1.54) is 0 Å². The van der Waals surface area contributed by atoms with Crippen LogP contribution in [-0.2, 0) is 0 Å². The Morgan fingerprint density at radius 3 is 2.68 bits per heavy atom. The molecule has 2 atom stereocenters. The number of ether oxygens (including phenoxy) is 2. The first-order chi connectivity index (χ1) is 16.6. The third kappa shape index (κ3) is 3.48. The number of rotatable bonds is 4. The van der Waals surface area contributed by atoms with E-state index in [-0.39, 0.29) is 18.9 Å². The third-order valence-electron chi connectivity index (χ3n) is 6.24. The van der Waals surface area contributed by atoms with Gasteiger partial charge in [-0.1, -0.05) is 17.7 Å². The second-order valence-corrected chi connectivity index (χ2v) is 9.06. The molecule has 2 aromatic carbocycles. The molecular formula is C26H21ClN4O2S. The minimum Gasteiger partial charge on any atom is -0.454 e. The normalized spacial score (nSPS) is 18.9. The maximum absolute atomic E-state index is 6.31. The zero-order valence-corrected chi connectivity index (χ0v) is 19.9. The van der Waals surface area contributed by atoms with Gasteiger partial charge in [0.25, 0.3) is 0 Å². The molecule has 2 aromatic heterocycles. The number of hydrogen-bond donors (Lipinski definition) is 1. The topological polar surface area (TPSA) is 51.6 Å². The lowest BCUT2D eigenvalue weighted by Crippen LogP contribution is -2.30. The predicted molar refractivity (Wildman–Crippen MR) is 136 cm³/mol. The van der Waals surface area contributed by atoms with Gasteiger partial charge in [-0.05, 0) is 79.3 Å². The van der Waals surface area contributed by atoms with Crippen molar-refractivity contribution in [2.75, 3.05) is 11.7 Å². The van der Waals surface area contributed by atoms with E-state index < -0.39 is 0 Å². The fraction of sp³-hybridized carbons (Fsp3) is 0.154. The van der Waals surface area contributed by atoms with Crippen LogP contribution in [0.25, 0.3) is 5.69 Å². The standard InChI is InChI=1S/C26H21ClN4O2S/c1-16-13-17(7-9-19(16)27)30-12-4-6-21(30)25-24(20-5-2-3-11-28-20)29-26(34)31(25)18-8-10-22-23(14-18)33-15-32-22/h2-14,24-25H,15H2,1H3,(H,29,34). The highest BCUT2D eigenvalue weighted by Gasteiger charge is 2.42. The molecule has 6 rings (SSSR count). The second kappa shape index (κ2) is 8.34. The van der Waals surface area contributed by atoms with Crippen LogP contribution in [0.15, 0.2) is 79.1 Å². The molecule has 2 unspecified atom stereocenters. The molecule has 2 aliphatic heterocycles. The Balaban J connectivity index is 1.50. The molecule has 170 valence electrons. The van der Waals surface area contributed by atoms with Crippen LogP contribution in [0.1, 0.15) is 29.0 Å². The smallest absolute Gasteiger partial charge is 0.231 e. The number of fused-ring (bicyclic) bond motifs is 1. The Bertz CT molecular complexity index is 1390. The van der Waals surface area contributed by atoms with Crippen LogP contribution in [-0.4, -0.2) is 21.5 Å². The van der Waals surface area contributed by atoms with Gasteiger partial charge in [0.1, 0.15) is 6.04 Å². The minimum atomic E-state index is -0.159. The van der Waals surface area contributed by atoms with E-state index in [1.54, 1.807) is 0 Å². The number of nitrogens with zero attached hydrogens (tertiary/aromatic N) is 3. The van der Waals surface area contributed by atoms with Gasteiger partial charge < -0.3 is 24.3 Å². The summed E-state index contributed by atoms with van der Waals surface area (Å²) in [4.78, 5) is 6.78. The predicted octanol–water partition coefficient (Wildman–Crippen LogP) is 5.74. The lowest BCUT2D eigenvalue weighted by Gasteiger charge is -2.29. The van der Waals surface area contributed by atoms with E-state index >= 15 is 0 Å². The molecule has 1 N–H and O–H groups in total. The highest BCUT2D eigenvalue weighted by Crippen LogP contribution is 2.45. The van der Waals surface area contributed by atoms with Gasteiger partial charge in [-0.15, -0.1) is 0 Å². The summed E-state index contributed by atoms with van der Waals surface area (Å²) in [6.45, 7) is 2.23. The quantitative estimate of drug-likeness (QED) is 0.370. The zero-order chi connectivity index (χ0) is 23.2. The van der Waals surface area contributed by atoms with Crippen LogP contribution in [0.5, 0.6) is 11.5 Å². The fourth-order valence-electron chi connectivity index (χ4n) is 4.62. The third-order valence-corrected chi connectivity index (χ3v) is 6.97. The summed E-state index contributed by atoms with van der Waals surface area (Å²) in [6, 6.07) is 21.8. The molecule has 1 fully saturated rings. The first-order valence-electron chi connectivity index (χ1n) is 10.9. The van der Waals surface area contributed by atoms with Crippen molar-refractivity contribution < 1.29 is 9.47 Å². The average molecular weight is 489 g/mol. The summed E-state index contributed by atoms with van der Waals surface area (Å²) >= 11 is 12.2. The van der Waals surface area contributed by atoms with Crippen LogP contribution >= 0.6 is 23.8 Å². The molecule has 0 saturated carbocycles. The lowest BCUT2D eigenvalue weighted by atomic mass is 10.0. The monoisotopic (exact) mass is 488 g/mol. The van der Waals surface area contributed by atoms with E-state index in [4.69, 9.17) is 33.3 Å². The second-order valence-electron chi connectivity index (χ2n) is 8.27. The van der Waals surface area contributed by atoms with Gasteiger partial charge in [-0.25, -0.2) is 0 Å². The molecule has 0 radical (unpaired) electrons. The van der Waals surface area contributed by atoms with Crippen molar-refractivity contribution in [1.29, 1.82) is 0 Å². The van der Waals surface area contributed by atoms with Gasteiger partial charge in [0.2, 0.25) is 6.79 Å². The van der Waals surface area contributed by atoms with Gasteiger partial charge >= 0.3 is 0 Å². The summed E-state index contributed by atoms with van der Waals surface area (Å²) < 4.78 is 13.3. The van der Waals surface area contributed by atoms with E-state index in [0.717, 1.165) is 39.1 Å². The van der Waals surface area contributed by atoms with Crippen LogP contribution in [0, 0.1) is 6.92 Å². The SMILES string of the molecule is Cc1cc(-n2cccc2C2C(c3ccccn3)NC(=S)N2c2ccc3c(c2)OCO3)ccc1Cl. The number of hydrogen-bond acceptors (Lipinski definition) is 4. The van der Waals surface area contributed by atoms with Gasteiger partial charge in [-0.2, -0.15) is 0 Å².